The second-order valence-corrected chi connectivity index (χ2v) is 7.31. The monoisotopic (exact) mass is 425 g/mol. The van der Waals surface area contributed by atoms with Crippen molar-refractivity contribution >= 4 is 11.6 Å². The van der Waals surface area contributed by atoms with E-state index in [0.717, 1.165) is 35.7 Å². The maximum absolute atomic E-state index is 13.3. The van der Waals surface area contributed by atoms with Crippen molar-refractivity contribution in [3.05, 3.63) is 53.6 Å². The van der Waals surface area contributed by atoms with Gasteiger partial charge in [-0.15, -0.1) is 0 Å². The maximum Gasteiger partial charge on any atom is 0.257 e. The van der Waals surface area contributed by atoms with E-state index in [2.05, 4.69) is 18.7 Å². The lowest BCUT2D eigenvalue weighted by atomic mass is 9.97. The molecule has 0 saturated heterocycles. The van der Waals surface area contributed by atoms with E-state index in [-0.39, 0.29) is 11.9 Å². The fourth-order valence-electron chi connectivity index (χ4n) is 3.76. The average Bonchev–Trinajstić information content (AvgIpc) is 3.27. The van der Waals surface area contributed by atoms with E-state index in [9.17, 15) is 4.79 Å². The number of hydrazone groups is 1. The van der Waals surface area contributed by atoms with Crippen LogP contribution >= 0.6 is 0 Å². The molecule has 0 unspecified atom stereocenters. The van der Waals surface area contributed by atoms with Crippen molar-refractivity contribution in [3.63, 3.8) is 0 Å². The van der Waals surface area contributed by atoms with Crippen LogP contribution in [0.4, 0.5) is 0 Å². The van der Waals surface area contributed by atoms with Crippen LogP contribution in [-0.4, -0.2) is 62.5 Å². The fraction of sp³-hybridized carbons (Fsp3) is 0.417. The zero-order chi connectivity index (χ0) is 22.4. The normalized spacial score (nSPS) is 15.7. The number of nitrogens with zero attached hydrogens (tertiary/aromatic N) is 3. The largest absolute Gasteiger partial charge is 0.497 e. The molecule has 166 valence electrons. The van der Waals surface area contributed by atoms with Gasteiger partial charge in [-0.3, -0.25) is 9.69 Å². The number of carbonyl (C=O) groups is 1. The van der Waals surface area contributed by atoms with Crippen LogP contribution in [0.15, 0.2) is 47.6 Å². The smallest absolute Gasteiger partial charge is 0.257 e. The van der Waals surface area contributed by atoms with Crippen LogP contribution in [-0.2, 0) is 4.79 Å². The Morgan fingerprint density at radius 3 is 2.39 bits per heavy atom. The van der Waals surface area contributed by atoms with E-state index in [1.54, 1.807) is 26.3 Å². The van der Waals surface area contributed by atoms with Gasteiger partial charge in [-0.05, 0) is 37.4 Å². The van der Waals surface area contributed by atoms with Gasteiger partial charge in [0.1, 0.15) is 17.2 Å². The second-order valence-electron chi connectivity index (χ2n) is 7.31. The molecule has 1 atom stereocenters. The minimum Gasteiger partial charge on any atom is -0.497 e. The number of hydrogen-bond donors (Lipinski definition) is 0. The number of hydrogen-bond acceptors (Lipinski definition) is 6. The van der Waals surface area contributed by atoms with Gasteiger partial charge in [-0.1, -0.05) is 26.0 Å². The summed E-state index contributed by atoms with van der Waals surface area (Å²) in [6.45, 7) is 6.03. The Kier molecular flexibility index (Phi) is 7.52. The molecule has 0 saturated carbocycles. The third-order valence-electron chi connectivity index (χ3n) is 5.62. The van der Waals surface area contributed by atoms with Crippen molar-refractivity contribution in [2.75, 3.05) is 41.0 Å². The van der Waals surface area contributed by atoms with Crippen LogP contribution in [0.5, 0.6) is 17.2 Å². The van der Waals surface area contributed by atoms with Crippen molar-refractivity contribution in [2.45, 2.75) is 26.3 Å². The molecule has 31 heavy (non-hydrogen) atoms. The minimum atomic E-state index is -0.259. The van der Waals surface area contributed by atoms with E-state index in [4.69, 9.17) is 19.3 Å². The SMILES string of the molecule is CCN(CC)CC(=O)N1N=C(c2cccc(OC)c2)C[C@@H]1c1ccc(OC)cc1OC. The van der Waals surface area contributed by atoms with E-state index in [0.29, 0.717) is 24.5 Å². The van der Waals surface area contributed by atoms with Crippen molar-refractivity contribution < 1.29 is 19.0 Å². The molecule has 0 fully saturated rings. The summed E-state index contributed by atoms with van der Waals surface area (Å²) in [5.74, 6) is 2.09. The summed E-state index contributed by atoms with van der Waals surface area (Å²) in [6.07, 6.45) is 0.583. The topological polar surface area (TPSA) is 63.6 Å². The highest BCUT2D eigenvalue weighted by Gasteiger charge is 2.35. The predicted octanol–water partition coefficient (Wildman–Crippen LogP) is 3.73. The number of amides is 1. The van der Waals surface area contributed by atoms with Crippen molar-refractivity contribution in [1.29, 1.82) is 0 Å². The van der Waals surface area contributed by atoms with Crippen molar-refractivity contribution in [3.8, 4) is 17.2 Å². The number of methoxy groups -OCH3 is 3. The van der Waals surface area contributed by atoms with Crippen LogP contribution < -0.4 is 14.2 Å². The Balaban J connectivity index is 1.99. The summed E-state index contributed by atoms with van der Waals surface area (Å²) in [5, 5.41) is 6.37. The summed E-state index contributed by atoms with van der Waals surface area (Å²) < 4.78 is 16.3. The highest BCUT2D eigenvalue weighted by atomic mass is 16.5. The predicted molar refractivity (Wildman–Crippen MR) is 121 cm³/mol. The lowest BCUT2D eigenvalue weighted by Gasteiger charge is -2.26. The van der Waals surface area contributed by atoms with E-state index in [1.165, 1.54) is 0 Å². The Morgan fingerprint density at radius 2 is 1.74 bits per heavy atom. The molecule has 2 aromatic rings. The molecular formula is C24H31N3O4. The van der Waals surface area contributed by atoms with Crippen LogP contribution in [0, 0.1) is 0 Å². The fourth-order valence-corrected chi connectivity index (χ4v) is 3.76. The summed E-state index contributed by atoms with van der Waals surface area (Å²) in [5.41, 5.74) is 2.68. The Hall–Kier alpha value is -3.06. The molecule has 0 N–H and O–H groups in total. The summed E-state index contributed by atoms with van der Waals surface area (Å²) >= 11 is 0. The van der Waals surface area contributed by atoms with Crippen LogP contribution in [0.1, 0.15) is 37.4 Å². The number of rotatable bonds is 9. The van der Waals surface area contributed by atoms with Gasteiger partial charge < -0.3 is 14.2 Å². The van der Waals surface area contributed by atoms with E-state index in [1.807, 2.05) is 42.5 Å². The lowest BCUT2D eigenvalue weighted by Crippen LogP contribution is -2.38. The van der Waals surface area contributed by atoms with Gasteiger partial charge >= 0.3 is 0 Å². The quantitative estimate of drug-likeness (QED) is 0.613. The van der Waals surface area contributed by atoms with E-state index < -0.39 is 0 Å². The molecular weight excluding hydrogens is 394 g/mol. The first kappa shape index (κ1) is 22.6. The number of carbonyl (C=O) groups excluding carboxylic acids is 1. The summed E-state index contributed by atoms with van der Waals surface area (Å²) in [6, 6.07) is 13.2. The van der Waals surface area contributed by atoms with Gasteiger partial charge in [0.25, 0.3) is 5.91 Å². The number of benzene rings is 2. The Labute approximate surface area is 184 Å². The number of likely N-dealkylation sites (N-methyl/N-ethyl adjacent to an activating group) is 1. The van der Waals surface area contributed by atoms with Gasteiger partial charge in [-0.25, -0.2) is 5.01 Å². The first-order valence-electron chi connectivity index (χ1n) is 10.5. The van der Waals surface area contributed by atoms with Crippen LogP contribution in [0.2, 0.25) is 0 Å². The van der Waals surface area contributed by atoms with Gasteiger partial charge in [-0.2, -0.15) is 5.10 Å². The average molecular weight is 426 g/mol. The van der Waals surface area contributed by atoms with Gasteiger partial charge in [0, 0.05) is 23.6 Å². The van der Waals surface area contributed by atoms with Gasteiger partial charge in [0.15, 0.2) is 0 Å². The standard InChI is InChI=1S/C24H31N3O4/c1-6-26(7-2)16-24(28)27-22(20-12-11-19(30-4)14-23(20)31-5)15-21(25-27)17-9-8-10-18(13-17)29-3/h8-14,22H,6-7,15-16H2,1-5H3/t22-/m1/s1. The highest BCUT2D eigenvalue weighted by molar-refractivity contribution is 6.03. The second kappa shape index (κ2) is 10.3. The highest BCUT2D eigenvalue weighted by Crippen LogP contribution is 2.39. The Morgan fingerprint density at radius 1 is 1.03 bits per heavy atom. The third-order valence-corrected chi connectivity index (χ3v) is 5.62. The molecule has 0 spiro atoms. The van der Waals surface area contributed by atoms with Crippen LogP contribution in [0.25, 0.3) is 0 Å². The number of ether oxygens (including phenoxy) is 3. The van der Waals surface area contributed by atoms with Crippen molar-refractivity contribution in [1.82, 2.24) is 9.91 Å². The first-order chi connectivity index (χ1) is 15.0. The van der Waals surface area contributed by atoms with E-state index >= 15 is 0 Å². The van der Waals surface area contributed by atoms with Gasteiger partial charge in [0.05, 0.1) is 39.6 Å². The minimum absolute atomic E-state index is 0.0375. The zero-order valence-electron chi connectivity index (χ0n) is 18.9. The lowest BCUT2D eigenvalue weighted by molar-refractivity contribution is -0.134. The molecule has 2 aromatic carbocycles. The maximum atomic E-state index is 13.3. The zero-order valence-corrected chi connectivity index (χ0v) is 18.9. The first-order valence-corrected chi connectivity index (χ1v) is 10.5. The molecule has 1 aliphatic rings. The molecule has 1 aliphatic heterocycles. The molecule has 1 heterocycles. The molecule has 7 nitrogen and oxygen atoms in total. The molecule has 3 rings (SSSR count). The third kappa shape index (κ3) is 4.99. The van der Waals surface area contributed by atoms with Crippen LogP contribution in [0.3, 0.4) is 0 Å². The molecule has 0 aromatic heterocycles. The molecule has 7 heteroatoms. The van der Waals surface area contributed by atoms with Gasteiger partial charge in [0.2, 0.25) is 0 Å². The summed E-state index contributed by atoms with van der Waals surface area (Å²) in [7, 11) is 4.88. The Bertz CT molecular complexity index is 940. The molecule has 0 bridgehead atoms. The summed E-state index contributed by atoms with van der Waals surface area (Å²) in [4.78, 5) is 15.4. The van der Waals surface area contributed by atoms with Crippen molar-refractivity contribution in [2.24, 2.45) is 5.10 Å². The molecule has 0 aliphatic carbocycles. The molecule has 1 amide bonds. The molecule has 0 radical (unpaired) electrons.